The highest BCUT2D eigenvalue weighted by atomic mass is 16.4. The largest absolute Gasteiger partial charge is 0.439 e. The lowest BCUT2D eigenvalue weighted by atomic mass is 10.1. The summed E-state index contributed by atoms with van der Waals surface area (Å²) in [6.45, 7) is 5.82. The van der Waals surface area contributed by atoms with Crippen LogP contribution in [0.15, 0.2) is 65.2 Å². The first kappa shape index (κ1) is 18.4. The number of hydrogen-bond acceptors (Lipinski definition) is 5. The minimum absolute atomic E-state index is 0.714. The van der Waals surface area contributed by atoms with Crippen molar-refractivity contribution in [2.75, 3.05) is 26.2 Å². The smallest absolute Gasteiger partial charge is 0.209 e. The minimum Gasteiger partial charge on any atom is -0.439 e. The fraction of sp³-hybridized carbons (Fsp3) is 0.304. The number of hydrogen-bond donors (Lipinski definition) is 0. The van der Waals surface area contributed by atoms with Gasteiger partial charge in [0.15, 0.2) is 5.76 Å². The summed E-state index contributed by atoms with van der Waals surface area (Å²) < 4.78 is 5.96. The molecule has 2 heterocycles. The van der Waals surface area contributed by atoms with Crippen molar-refractivity contribution in [2.24, 2.45) is 0 Å². The zero-order chi connectivity index (χ0) is 19.2. The highest BCUT2D eigenvalue weighted by Gasteiger charge is 2.17. The molecule has 0 N–H and O–H groups in total. The van der Waals surface area contributed by atoms with Gasteiger partial charge in [-0.25, -0.2) is 4.98 Å². The van der Waals surface area contributed by atoms with Crippen molar-refractivity contribution in [3.8, 4) is 17.4 Å². The molecule has 1 fully saturated rings. The molecule has 28 heavy (non-hydrogen) atoms. The summed E-state index contributed by atoms with van der Waals surface area (Å²) in [7, 11) is 0. The molecule has 142 valence electrons. The van der Waals surface area contributed by atoms with Crippen LogP contribution in [0.1, 0.15) is 23.4 Å². The predicted molar refractivity (Wildman–Crippen MR) is 108 cm³/mol. The van der Waals surface area contributed by atoms with Crippen molar-refractivity contribution < 1.29 is 4.42 Å². The lowest BCUT2D eigenvalue weighted by Gasteiger charge is -2.21. The summed E-state index contributed by atoms with van der Waals surface area (Å²) in [6.07, 6.45) is 2.95. The normalized spacial score (nSPS) is 15.8. The van der Waals surface area contributed by atoms with E-state index < -0.39 is 0 Å². The van der Waals surface area contributed by atoms with Crippen molar-refractivity contribution in [2.45, 2.75) is 19.5 Å². The fourth-order valence-electron chi connectivity index (χ4n) is 3.59. The first-order valence-corrected chi connectivity index (χ1v) is 9.74. The summed E-state index contributed by atoms with van der Waals surface area (Å²) in [6, 6.07) is 20.2. The Hall–Kier alpha value is -2.94. The molecule has 0 aliphatic carbocycles. The Labute approximate surface area is 165 Å². The van der Waals surface area contributed by atoms with Crippen LogP contribution < -0.4 is 0 Å². The van der Waals surface area contributed by atoms with Gasteiger partial charge in [0.2, 0.25) is 5.89 Å². The summed E-state index contributed by atoms with van der Waals surface area (Å²) in [5, 5.41) is 8.92. The van der Waals surface area contributed by atoms with Crippen molar-refractivity contribution >= 4 is 0 Å². The zero-order valence-corrected chi connectivity index (χ0v) is 15.9. The standard InChI is InChI=1S/C23H24N4O/c24-15-19-7-9-20(10-8-19)17-26-11-4-12-27(14-13-26)18-23-25-16-22(28-23)21-5-2-1-3-6-21/h1-3,5-10,16H,4,11-14,17-18H2. The first-order valence-electron chi connectivity index (χ1n) is 9.74. The van der Waals surface area contributed by atoms with Gasteiger partial charge in [-0.05, 0) is 37.2 Å². The Balaban J connectivity index is 1.32. The van der Waals surface area contributed by atoms with E-state index in [0.717, 1.165) is 62.9 Å². The van der Waals surface area contributed by atoms with Crippen molar-refractivity contribution in [1.29, 1.82) is 5.26 Å². The van der Waals surface area contributed by atoms with Gasteiger partial charge < -0.3 is 4.42 Å². The Morgan fingerprint density at radius 2 is 1.61 bits per heavy atom. The van der Waals surface area contributed by atoms with Gasteiger partial charge in [-0.15, -0.1) is 0 Å². The van der Waals surface area contributed by atoms with Crippen LogP contribution in [0.2, 0.25) is 0 Å². The molecule has 1 saturated heterocycles. The molecule has 0 atom stereocenters. The van der Waals surface area contributed by atoms with Gasteiger partial charge in [-0.3, -0.25) is 9.80 Å². The molecule has 0 radical (unpaired) electrons. The Morgan fingerprint density at radius 3 is 2.32 bits per heavy atom. The number of nitriles is 1. The maximum atomic E-state index is 8.92. The average molecular weight is 372 g/mol. The van der Waals surface area contributed by atoms with E-state index >= 15 is 0 Å². The van der Waals surface area contributed by atoms with Gasteiger partial charge in [0.25, 0.3) is 0 Å². The molecule has 1 aliphatic rings. The third-order valence-electron chi connectivity index (χ3n) is 5.14. The molecule has 4 rings (SSSR count). The second-order valence-corrected chi connectivity index (χ2v) is 7.20. The van der Waals surface area contributed by atoms with Crippen LogP contribution >= 0.6 is 0 Å². The molecule has 0 spiro atoms. The quantitative estimate of drug-likeness (QED) is 0.679. The summed E-state index contributed by atoms with van der Waals surface area (Å²) in [4.78, 5) is 9.37. The Bertz CT molecular complexity index is 927. The van der Waals surface area contributed by atoms with E-state index in [-0.39, 0.29) is 0 Å². The van der Waals surface area contributed by atoms with Crippen LogP contribution in [-0.2, 0) is 13.1 Å². The molecular formula is C23H24N4O. The number of benzene rings is 2. The molecule has 3 aromatic rings. The second kappa shape index (κ2) is 8.83. The van der Waals surface area contributed by atoms with Crippen molar-refractivity contribution in [1.82, 2.24) is 14.8 Å². The van der Waals surface area contributed by atoms with Crippen molar-refractivity contribution in [3.63, 3.8) is 0 Å². The summed E-state index contributed by atoms with van der Waals surface area (Å²) in [5.74, 6) is 1.60. The van der Waals surface area contributed by atoms with Crippen LogP contribution in [0.25, 0.3) is 11.3 Å². The third-order valence-corrected chi connectivity index (χ3v) is 5.14. The molecular weight excluding hydrogens is 348 g/mol. The predicted octanol–water partition coefficient (Wildman–Crippen LogP) is 3.92. The third kappa shape index (κ3) is 4.66. The summed E-state index contributed by atoms with van der Waals surface area (Å²) in [5.41, 5.74) is 3.03. The lowest BCUT2D eigenvalue weighted by Crippen LogP contribution is -2.30. The molecule has 5 nitrogen and oxygen atoms in total. The average Bonchev–Trinajstić information content (AvgIpc) is 3.10. The highest BCUT2D eigenvalue weighted by molar-refractivity contribution is 5.55. The minimum atomic E-state index is 0.714. The summed E-state index contributed by atoms with van der Waals surface area (Å²) >= 11 is 0. The monoisotopic (exact) mass is 372 g/mol. The molecule has 5 heteroatoms. The molecule has 0 amide bonds. The van der Waals surface area contributed by atoms with Gasteiger partial charge in [-0.2, -0.15) is 5.26 Å². The van der Waals surface area contributed by atoms with E-state index in [1.807, 2.05) is 48.7 Å². The SMILES string of the molecule is N#Cc1ccc(CN2CCCN(Cc3ncc(-c4ccccc4)o3)CC2)cc1. The number of oxazole rings is 1. The molecule has 1 aliphatic heterocycles. The number of rotatable bonds is 5. The Kier molecular flexibility index (Phi) is 5.81. The van der Waals surface area contributed by atoms with E-state index in [9.17, 15) is 0 Å². The molecule has 0 bridgehead atoms. The van der Waals surface area contributed by atoms with Crippen molar-refractivity contribution in [3.05, 3.63) is 77.8 Å². The number of nitrogens with zero attached hydrogens (tertiary/aromatic N) is 4. The van der Waals surface area contributed by atoms with Gasteiger partial charge in [0.1, 0.15) is 0 Å². The molecule has 0 saturated carbocycles. The Morgan fingerprint density at radius 1 is 0.893 bits per heavy atom. The van der Waals surface area contributed by atoms with E-state index in [0.29, 0.717) is 5.56 Å². The maximum Gasteiger partial charge on any atom is 0.209 e. The zero-order valence-electron chi connectivity index (χ0n) is 15.9. The van der Waals surface area contributed by atoms with Crippen LogP contribution in [0.5, 0.6) is 0 Å². The second-order valence-electron chi connectivity index (χ2n) is 7.20. The molecule has 1 aromatic heterocycles. The van der Waals surface area contributed by atoms with Crippen LogP contribution in [0.4, 0.5) is 0 Å². The van der Waals surface area contributed by atoms with E-state index in [2.05, 4.69) is 33.0 Å². The van der Waals surface area contributed by atoms with Gasteiger partial charge in [-0.1, -0.05) is 42.5 Å². The van der Waals surface area contributed by atoms with Crippen LogP contribution in [0, 0.1) is 11.3 Å². The van der Waals surface area contributed by atoms with Gasteiger partial charge in [0.05, 0.1) is 24.4 Å². The lowest BCUT2D eigenvalue weighted by molar-refractivity contribution is 0.232. The fourth-order valence-corrected chi connectivity index (χ4v) is 3.59. The van der Waals surface area contributed by atoms with Crippen LogP contribution in [-0.4, -0.2) is 41.0 Å². The maximum absolute atomic E-state index is 8.92. The van der Waals surface area contributed by atoms with E-state index in [4.69, 9.17) is 9.68 Å². The van der Waals surface area contributed by atoms with Gasteiger partial charge >= 0.3 is 0 Å². The number of aromatic nitrogens is 1. The first-order chi connectivity index (χ1) is 13.8. The topological polar surface area (TPSA) is 56.3 Å². The van der Waals surface area contributed by atoms with Crippen LogP contribution in [0.3, 0.4) is 0 Å². The van der Waals surface area contributed by atoms with E-state index in [1.165, 1.54) is 5.56 Å². The highest BCUT2D eigenvalue weighted by Crippen LogP contribution is 2.21. The van der Waals surface area contributed by atoms with E-state index in [1.54, 1.807) is 0 Å². The van der Waals surface area contributed by atoms with Gasteiger partial charge in [0, 0.05) is 25.2 Å². The molecule has 2 aromatic carbocycles. The molecule has 0 unspecified atom stereocenters.